The number of nitro benzene ring substituents is 1. The van der Waals surface area contributed by atoms with Crippen LogP contribution < -0.4 is 5.32 Å². The van der Waals surface area contributed by atoms with E-state index in [0.29, 0.717) is 5.69 Å². The number of nitro groups is 1. The van der Waals surface area contributed by atoms with E-state index in [1.54, 1.807) is 18.2 Å². The van der Waals surface area contributed by atoms with Crippen LogP contribution in [0.4, 0.5) is 15.8 Å². The molecule has 2 rings (SSSR count). The van der Waals surface area contributed by atoms with E-state index in [1.165, 1.54) is 11.8 Å². The molecule has 0 radical (unpaired) electrons. The first-order valence-electron chi connectivity index (χ1n) is 5.91. The minimum absolute atomic E-state index is 0.309. The molecule has 0 aromatic heterocycles. The SMILES string of the molecule is CSc1ccccc1NC(=O)c1cc(F)ccc1[N+](=O)[O-]. The summed E-state index contributed by atoms with van der Waals surface area (Å²) < 4.78 is 13.2. The second-order valence-corrected chi connectivity index (χ2v) is 4.92. The highest BCUT2D eigenvalue weighted by Crippen LogP contribution is 2.26. The van der Waals surface area contributed by atoms with Gasteiger partial charge in [0.15, 0.2) is 0 Å². The summed E-state index contributed by atoms with van der Waals surface area (Å²) in [5.74, 6) is -1.42. The van der Waals surface area contributed by atoms with Gasteiger partial charge in [-0.05, 0) is 30.5 Å². The van der Waals surface area contributed by atoms with E-state index in [2.05, 4.69) is 5.32 Å². The average molecular weight is 306 g/mol. The molecular weight excluding hydrogens is 295 g/mol. The highest BCUT2D eigenvalue weighted by molar-refractivity contribution is 7.98. The topological polar surface area (TPSA) is 72.2 Å². The number of halogens is 1. The Balaban J connectivity index is 2.37. The van der Waals surface area contributed by atoms with Crippen molar-refractivity contribution < 1.29 is 14.1 Å². The Hall–Kier alpha value is -2.41. The minimum atomic E-state index is -0.720. The van der Waals surface area contributed by atoms with Crippen molar-refractivity contribution in [3.8, 4) is 0 Å². The highest BCUT2D eigenvalue weighted by Gasteiger charge is 2.21. The van der Waals surface area contributed by atoms with Gasteiger partial charge >= 0.3 is 0 Å². The van der Waals surface area contributed by atoms with Crippen LogP contribution in [0.2, 0.25) is 0 Å². The molecule has 2 aromatic carbocycles. The number of carbonyl (C=O) groups excluding carboxylic acids is 1. The first-order valence-corrected chi connectivity index (χ1v) is 7.13. The quantitative estimate of drug-likeness (QED) is 0.531. The number of benzene rings is 2. The van der Waals surface area contributed by atoms with Crippen molar-refractivity contribution in [3.05, 3.63) is 64.0 Å². The van der Waals surface area contributed by atoms with Gasteiger partial charge in [-0.25, -0.2) is 4.39 Å². The Morgan fingerprint density at radius 2 is 2.00 bits per heavy atom. The van der Waals surface area contributed by atoms with E-state index < -0.39 is 22.3 Å². The van der Waals surface area contributed by atoms with Crippen molar-refractivity contribution >= 4 is 29.0 Å². The van der Waals surface area contributed by atoms with E-state index >= 15 is 0 Å². The maximum Gasteiger partial charge on any atom is 0.282 e. The fraction of sp³-hybridized carbons (Fsp3) is 0.0714. The summed E-state index contributed by atoms with van der Waals surface area (Å²) in [4.78, 5) is 23.2. The number of thioether (sulfide) groups is 1. The van der Waals surface area contributed by atoms with Crippen LogP contribution in [0.15, 0.2) is 47.4 Å². The number of carbonyl (C=O) groups is 1. The summed E-state index contributed by atoms with van der Waals surface area (Å²) in [6, 6.07) is 9.81. The molecule has 1 amide bonds. The first-order chi connectivity index (χ1) is 10.0. The standard InChI is InChI=1S/C14H11FN2O3S/c1-21-13-5-3-2-4-11(13)16-14(18)10-8-9(15)6-7-12(10)17(19)20/h2-8H,1H3,(H,16,18). The number of amides is 1. The summed E-state index contributed by atoms with van der Waals surface area (Å²) in [5.41, 5.74) is -0.222. The lowest BCUT2D eigenvalue weighted by Crippen LogP contribution is -2.14. The average Bonchev–Trinajstić information content (AvgIpc) is 2.47. The Bertz CT molecular complexity index is 706. The van der Waals surface area contributed by atoms with E-state index in [1.807, 2.05) is 12.3 Å². The number of nitrogens with one attached hydrogen (secondary N) is 1. The molecule has 2 aromatic rings. The van der Waals surface area contributed by atoms with Crippen LogP contribution in [0.3, 0.4) is 0 Å². The van der Waals surface area contributed by atoms with Crippen LogP contribution in [0.25, 0.3) is 0 Å². The lowest BCUT2D eigenvalue weighted by molar-refractivity contribution is -0.385. The normalized spacial score (nSPS) is 10.2. The monoisotopic (exact) mass is 306 g/mol. The maximum absolute atomic E-state index is 13.2. The maximum atomic E-state index is 13.2. The smallest absolute Gasteiger partial charge is 0.282 e. The Kier molecular flexibility index (Phi) is 4.54. The predicted molar refractivity (Wildman–Crippen MR) is 79.2 cm³/mol. The molecule has 108 valence electrons. The van der Waals surface area contributed by atoms with Gasteiger partial charge < -0.3 is 5.32 Å². The van der Waals surface area contributed by atoms with Crippen molar-refractivity contribution in [2.45, 2.75) is 4.90 Å². The molecule has 0 heterocycles. The van der Waals surface area contributed by atoms with Gasteiger partial charge in [0.05, 0.1) is 10.6 Å². The van der Waals surface area contributed by atoms with E-state index in [0.717, 1.165) is 23.1 Å². The largest absolute Gasteiger partial charge is 0.321 e. The molecule has 0 unspecified atom stereocenters. The molecule has 0 fully saturated rings. The predicted octanol–water partition coefficient (Wildman–Crippen LogP) is 3.71. The number of rotatable bonds is 4. The molecule has 0 atom stereocenters. The molecule has 0 bridgehead atoms. The van der Waals surface area contributed by atoms with Gasteiger partial charge in [0.1, 0.15) is 11.4 Å². The second kappa shape index (κ2) is 6.36. The third-order valence-electron chi connectivity index (χ3n) is 2.76. The van der Waals surface area contributed by atoms with E-state index in [4.69, 9.17) is 0 Å². The molecule has 21 heavy (non-hydrogen) atoms. The van der Waals surface area contributed by atoms with Gasteiger partial charge in [-0.15, -0.1) is 11.8 Å². The van der Waals surface area contributed by atoms with Crippen molar-refractivity contribution in [2.75, 3.05) is 11.6 Å². The summed E-state index contributed by atoms with van der Waals surface area (Å²) in [7, 11) is 0. The van der Waals surface area contributed by atoms with Gasteiger partial charge in [0.25, 0.3) is 11.6 Å². The first kappa shape index (κ1) is 15.0. The molecular formula is C14H11FN2O3S. The lowest BCUT2D eigenvalue weighted by atomic mass is 10.1. The molecule has 0 spiro atoms. The van der Waals surface area contributed by atoms with Gasteiger partial charge in [-0.1, -0.05) is 12.1 Å². The van der Waals surface area contributed by atoms with Crippen molar-refractivity contribution in [1.82, 2.24) is 0 Å². The molecule has 0 aliphatic rings. The number of hydrogen-bond acceptors (Lipinski definition) is 4. The van der Waals surface area contributed by atoms with Gasteiger partial charge in [-0.3, -0.25) is 14.9 Å². The van der Waals surface area contributed by atoms with Crippen LogP contribution in [0, 0.1) is 15.9 Å². The zero-order valence-electron chi connectivity index (χ0n) is 11.0. The fourth-order valence-electron chi connectivity index (χ4n) is 1.79. The summed E-state index contributed by atoms with van der Waals surface area (Å²) in [6.07, 6.45) is 1.84. The van der Waals surface area contributed by atoms with Crippen molar-refractivity contribution in [3.63, 3.8) is 0 Å². The molecule has 5 nitrogen and oxygen atoms in total. The summed E-state index contributed by atoms with van der Waals surface area (Å²) >= 11 is 1.42. The molecule has 0 aliphatic heterocycles. The van der Waals surface area contributed by atoms with Gasteiger partial charge in [-0.2, -0.15) is 0 Å². The van der Waals surface area contributed by atoms with Crippen molar-refractivity contribution in [1.29, 1.82) is 0 Å². The van der Waals surface area contributed by atoms with Crippen LogP contribution in [0.5, 0.6) is 0 Å². The fourth-order valence-corrected chi connectivity index (χ4v) is 2.34. The molecule has 0 saturated carbocycles. The van der Waals surface area contributed by atoms with E-state index in [9.17, 15) is 19.3 Å². The van der Waals surface area contributed by atoms with Gasteiger partial charge in [0, 0.05) is 11.0 Å². The van der Waals surface area contributed by atoms with Gasteiger partial charge in [0.2, 0.25) is 0 Å². The summed E-state index contributed by atoms with van der Waals surface area (Å²) in [6.45, 7) is 0. The van der Waals surface area contributed by atoms with Crippen LogP contribution in [0.1, 0.15) is 10.4 Å². The van der Waals surface area contributed by atoms with Crippen molar-refractivity contribution in [2.24, 2.45) is 0 Å². The minimum Gasteiger partial charge on any atom is -0.321 e. The Morgan fingerprint density at radius 1 is 1.29 bits per heavy atom. The highest BCUT2D eigenvalue weighted by atomic mass is 32.2. The van der Waals surface area contributed by atoms with Crippen LogP contribution >= 0.6 is 11.8 Å². The van der Waals surface area contributed by atoms with E-state index in [-0.39, 0.29) is 5.56 Å². The third kappa shape index (κ3) is 3.38. The lowest BCUT2D eigenvalue weighted by Gasteiger charge is -2.09. The zero-order chi connectivity index (χ0) is 15.4. The molecule has 0 aliphatic carbocycles. The molecule has 0 saturated heterocycles. The Labute approximate surface area is 124 Å². The summed E-state index contributed by atoms with van der Waals surface area (Å²) in [5, 5.41) is 13.5. The molecule has 7 heteroatoms. The second-order valence-electron chi connectivity index (χ2n) is 4.07. The number of para-hydroxylation sites is 1. The van der Waals surface area contributed by atoms with Crippen LogP contribution in [-0.2, 0) is 0 Å². The number of anilines is 1. The number of nitrogens with zero attached hydrogens (tertiary/aromatic N) is 1. The molecule has 1 N–H and O–H groups in total. The van der Waals surface area contributed by atoms with Crippen LogP contribution in [-0.4, -0.2) is 17.1 Å². The third-order valence-corrected chi connectivity index (χ3v) is 3.55. The zero-order valence-corrected chi connectivity index (χ0v) is 11.8. The Morgan fingerprint density at radius 3 is 2.67 bits per heavy atom. The number of hydrogen-bond donors (Lipinski definition) is 1.